The van der Waals surface area contributed by atoms with Crippen molar-refractivity contribution in [2.75, 3.05) is 27.2 Å². The van der Waals surface area contributed by atoms with E-state index in [0.717, 1.165) is 11.3 Å². The zero-order valence-electron chi connectivity index (χ0n) is 16.7. The Morgan fingerprint density at radius 2 is 1.86 bits per heavy atom. The van der Waals surface area contributed by atoms with E-state index in [1.165, 1.54) is 12.1 Å². The molecule has 2 aliphatic rings. The van der Waals surface area contributed by atoms with Gasteiger partial charge in [-0.1, -0.05) is 12.1 Å². The molecule has 0 aliphatic carbocycles. The van der Waals surface area contributed by atoms with E-state index in [-0.39, 0.29) is 36.3 Å². The fourth-order valence-corrected chi connectivity index (χ4v) is 4.03. The van der Waals surface area contributed by atoms with Crippen LogP contribution < -0.4 is 0 Å². The van der Waals surface area contributed by atoms with Crippen LogP contribution in [0.15, 0.2) is 30.6 Å². The molecule has 1 aromatic heterocycles. The number of aromatic nitrogens is 2. The smallest absolute Gasteiger partial charge is 0.274 e. The molecule has 2 amide bonds. The lowest BCUT2D eigenvalue weighted by molar-refractivity contribution is -0.134. The number of fused-ring (bicyclic) bond motifs is 1. The van der Waals surface area contributed by atoms with Crippen LogP contribution in [0.1, 0.15) is 40.7 Å². The van der Waals surface area contributed by atoms with Crippen molar-refractivity contribution in [1.29, 1.82) is 0 Å². The highest BCUT2D eigenvalue weighted by Crippen LogP contribution is 2.29. The van der Waals surface area contributed by atoms with Crippen LogP contribution in [-0.4, -0.2) is 58.4 Å². The molecule has 4 rings (SSSR count). The minimum Gasteiger partial charge on any atom is -0.365 e. The summed E-state index contributed by atoms with van der Waals surface area (Å²) in [7, 11) is 3.52. The second kappa shape index (κ2) is 7.94. The molecule has 29 heavy (non-hydrogen) atoms. The topological polar surface area (TPSA) is 67.7 Å². The minimum absolute atomic E-state index is 0.0234. The molecule has 1 saturated heterocycles. The average Bonchev–Trinajstić information content (AvgIpc) is 3.16. The Morgan fingerprint density at radius 1 is 1.17 bits per heavy atom. The van der Waals surface area contributed by atoms with Gasteiger partial charge in [-0.3, -0.25) is 9.59 Å². The minimum atomic E-state index is -0.281. The average molecular weight is 400 g/mol. The molecule has 0 N–H and O–H groups in total. The highest BCUT2D eigenvalue weighted by Gasteiger charge is 2.32. The summed E-state index contributed by atoms with van der Waals surface area (Å²) in [5.74, 6) is -0.295. The molecule has 0 saturated carbocycles. The molecule has 8 heteroatoms. The number of hydrogen-bond donors (Lipinski definition) is 0. The van der Waals surface area contributed by atoms with E-state index >= 15 is 0 Å². The molecule has 1 fully saturated rings. The van der Waals surface area contributed by atoms with E-state index in [1.54, 1.807) is 42.4 Å². The lowest BCUT2D eigenvalue weighted by atomic mass is 9.95. The van der Waals surface area contributed by atoms with E-state index in [9.17, 15) is 14.0 Å². The van der Waals surface area contributed by atoms with Crippen LogP contribution in [0.25, 0.3) is 0 Å². The third-order valence-electron chi connectivity index (χ3n) is 5.75. The summed E-state index contributed by atoms with van der Waals surface area (Å²) < 4.78 is 21.0. The number of ether oxygens (including phenoxy) is 1. The van der Waals surface area contributed by atoms with E-state index in [1.807, 2.05) is 4.57 Å². The summed E-state index contributed by atoms with van der Waals surface area (Å²) in [6.07, 6.45) is 2.81. The summed E-state index contributed by atoms with van der Waals surface area (Å²) in [5, 5.41) is 0. The standard InChI is InChI=1S/C21H25FN4O3/c1-24(2)20(27)15-7-9-25(10-8-15)21(28)19-17-12-29-18(11-26(17)13-23-19)14-3-5-16(22)6-4-14/h3-6,13,15,18H,7-12H2,1-2H3/t18-/m0/s1. The molecular weight excluding hydrogens is 375 g/mol. The summed E-state index contributed by atoms with van der Waals surface area (Å²) >= 11 is 0. The summed E-state index contributed by atoms with van der Waals surface area (Å²) in [5.41, 5.74) is 2.08. The SMILES string of the molecule is CN(C)C(=O)C1CCN(C(=O)c2ncn3c2CO[C@H](c2ccc(F)cc2)C3)CC1. The van der Waals surface area contributed by atoms with Crippen LogP contribution in [0.4, 0.5) is 4.39 Å². The molecule has 0 spiro atoms. The van der Waals surface area contributed by atoms with Gasteiger partial charge in [0, 0.05) is 33.1 Å². The number of carbonyl (C=O) groups excluding carboxylic acids is 2. The monoisotopic (exact) mass is 400 g/mol. The van der Waals surface area contributed by atoms with Crippen LogP contribution >= 0.6 is 0 Å². The fourth-order valence-electron chi connectivity index (χ4n) is 4.03. The fraction of sp³-hybridized carbons (Fsp3) is 0.476. The number of imidazole rings is 1. The van der Waals surface area contributed by atoms with Gasteiger partial charge in [-0.15, -0.1) is 0 Å². The van der Waals surface area contributed by atoms with Gasteiger partial charge < -0.3 is 19.1 Å². The molecule has 0 bridgehead atoms. The Kier molecular flexibility index (Phi) is 5.36. The second-order valence-corrected chi connectivity index (χ2v) is 7.84. The maximum atomic E-state index is 13.2. The molecule has 1 aromatic carbocycles. The number of rotatable bonds is 3. The van der Waals surface area contributed by atoms with Crippen LogP contribution in [0, 0.1) is 11.7 Å². The second-order valence-electron chi connectivity index (χ2n) is 7.84. The van der Waals surface area contributed by atoms with Crippen LogP contribution in [0.3, 0.4) is 0 Å². The molecular formula is C21H25FN4O3. The molecule has 1 atom stereocenters. The molecule has 0 unspecified atom stereocenters. The van der Waals surface area contributed by atoms with Gasteiger partial charge in [-0.25, -0.2) is 9.37 Å². The van der Waals surface area contributed by atoms with Gasteiger partial charge in [0.25, 0.3) is 5.91 Å². The number of nitrogens with zero attached hydrogens (tertiary/aromatic N) is 4. The Hall–Kier alpha value is -2.74. The normalized spacial score (nSPS) is 19.7. The van der Waals surface area contributed by atoms with Crippen molar-refractivity contribution in [2.45, 2.75) is 32.1 Å². The van der Waals surface area contributed by atoms with E-state index in [0.29, 0.717) is 38.2 Å². The highest BCUT2D eigenvalue weighted by molar-refractivity contribution is 5.93. The van der Waals surface area contributed by atoms with Crippen LogP contribution in [0.2, 0.25) is 0 Å². The maximum absolute atomic E-state index is 13.2. The molecule has 2 aliphatic heterocycles. The zero-order valence-corrected chi connectivity index (χ0v) is 16.7. The van der Waals surface area contributed by atoms with Crippen LogP contribution in [0.5, 0.6) is 0 Å². The lowest BCUT2D eigenvalue weighted by Crippen LogP contribution is -2.43. The van der Waals surface area contributed by atoms with Gasteiger partial charge in [-0.2, -0.15) is 0 Å². The Bertz CT molecular complexity index is 901. The van der Waals surface area contributed by atoms with E-state index in [2.05, 4.69) is 4.98 Å². The van der Waals surface area contributed by atoms with Gasteiger partial charge in [-0.05, 0) is 30.5 Å². The van der Waals surface area contributed by atoms with Crippen molar-refractivity contribution in [3.63, 3.8) is 0 Å². The molecule has 154 valence electrons. The van der Waals surface area contributed by atoms with Crippen molar-refractivity contribution in [3.05, 3.63) is 53.4 Å². The van der Waals surface area contributed by atoms with Gasteiger partial charge >= 0.3 is 0 Å². The third-order valence-corrected chi connectivity index (χ3v) is 5.75. The number of amides is 2. The number of hydrogen-bond acceptors (Lipinski definition) is 4. The number of benzene rings is 1. The van der Waals surface area contributed by atoms with E-state index < -0.39 is 0 Å². The quantitative estimate of drug-likeness (QED) is 0.793. The van der Waals surface area contributed by atoms with Crippen molar-refractivity contribution in [2.24, 2.45) is 5.92 Å². The number of halogens is 1. The van der Waals surface area contributed by atoms with Gasteiger partial charge in [0.1, 0.15) is 11.9 Å². The Morgan fingerprint density at radius 3 is 2.52 bits per heavy atom. The Labute approximate surface area is 169 Å². The number of carbonyl (C=O) groups is 2. The van der Waals surface area contributed by atoms with Gasteiger partial charge in [0.2, 0.25) is 5.91 Å². The first-order valence-electron chi connectivity index (χ1n) is 9.85. The first-order chi connectivity index (χ1) is 13.9. The van der Waals surface area contributed by atoms with Crippen LogP contribution in [-0.2, 0) is 22.7 Å². The predicted octanol–water partition coefficient (Wildman–Crippen LogP) is 2.23. The Balaban J connectivity index is 1.42. The van der Waals surface area contributed by atoms with E-state index in [4.69, 9.17) is 4.74 Å². The molecule has 2 aromatic rings. The molecule has 3 heterocycles. The number of piperidine rings is 1. The lowest BCUT2D eigenvalue weighted by Gasteiger charge is -2.32. The largest absolute Gasteiger partial charge is 0.365 e. The predicted molar refractivity (Wildman–Crippen MR) is 103 cm³/mol. The first-order valence-corrected chi connectivity index (χ1v) is 9.85. The first kappa shape index (κ1) is 19.6. The summed E-state index contributed by atoms with van der Waals surface area (Å²) in [6, 6.07) is 6.27. The van der Waals surface area contributed by atoms with Gasteiger partial charge in [0.15, 0.2) is 5.69 Å². The molecule has 7 nitrogen and oxygen atoms in total. The summed E-state index contributed by atoms with van der Waals surface area (Å²) in [4.78, 5) is 32.9. The third kappa shape index (κ3) is 3.89. The highest BCUT2D eigenvalue weighted by atomic mass is 19.1. The zero-order chi connectivity index (χ0) is 20.5. The van der Waals surface area contributed by atoms with Gasteiger partial charge in [0.05, 0.1) is 25.2 Å². The maximum Gasteiger partial charge on any atom is 0.274 e. The van der Waals surface area contributed by atoms with Crippen molar-refractivity contribution in [1.82, 2.24) is 19.4 Å². The molecule has 0 radical (unpaired) electrons. The van der Waals surface area contributed by atoms with Crippen molar-refractivity contribution in [3.8, 4) is 0 Å². The summed E-state index contributed by atoms with van der Waals surface area (Å²) in [6.45, 7) is 1.90. The van der Waals surface area contributed by atoms with Crippen molar-refractivity contribution < 1.29 is 18.7 Å². The number of likely N-dealkylation sites (tertiary alicyclic amines) is 1. The van der Waals surface area contributed by atoms with Crippen molar-refractivity contribution >= 4 is 11.8 Å².